The number of hydrogen-bond acceptors (Lipinski definition) is 5. The van der Waals surface area contributed by atoms with E-state index in [0.717, 1.165) is 11.6 Å². The van der Waals surface area contributed by atoms with E-state index in [1.807, 2.05) is 11.6 Å². The first-order chi connectivity index (χ1) is 10.6. The number of rotatable bonds is 5. The first kappa shape index (κ1) is 14.9. The van der Waals surface area contributed by atoms with E-state index in [-0.39, 0.29) is 11.7 Å². The molecule has 6 nitrogen and oxygen atoms in total. The Morgan fingerprint density at radius 1 is 1.41 bits per heavy atom. The van der Waals surface area contributed by atoms with Crippen molar-refractivity contribution in [3.05, 3.63) is 33.5 Å². The number of nitrogens with zero attached hydrogens (tertiary/aromatic N) is 3. The van der Waals surface area contributed by atoms with Gasteiger partial charge in [-0.3, -0.25) is 9.59 Å². The molecule has 1 N–H and O–H groups in total. The molecule has 0 bridgehead atoms. The average Bonchev–Trinajstić information content (AvgIpc) is 3.04. The largest absolute Gasteiger partial charge is 0.344 e. The lowest BCUT2D eigenvalue weighted by molar-refractivity contribution is 0.0953. The van der Waals surface area contributed by atoms with Gasteiger partial charge in [-0.15, -0.1) is 21.5 Å². The van der Waals surface area contributed by atoms with Gasteiger partial charge in [0.15, 0.2) is 11.6 Å². The number of Topliss-reactive ketones (excluding diaryl/α,β-unsaturated/α-hetero) is 1. The van der Waals surface area contributed by atoms with Crippen molar-refractivity contribution in [2.45, 2.75) is 38.6 Å². The number of nitrogens with one attached hydrogen (secondary N) is 1. The van der Waals surface area contributed by atoms with Crippen LogP contribution in [0.1, 0.15) is 63.8 Å². The number of hydrogen-bond donors (Lipinski definition) is 1. The van der Waals surface area contributed by atoms with Gasteiger partial charge in [0.2, 0.25) is 0 Å². The molecule has 2 aromatic heterocycles. The Morgan fingerprint density at radius 2 is 2.18 bits per heavy atom. The van der Waals surface area contributed by atoms with Gasteiger partial charge in [0.05, 0.1) is 11.4 Å². The van der Waals surface area contributed by atoms with Crippen molar-refractivity contribution in [1.29, 1.82) is 0 Å². The van der Waals surface area contributed by atoms with Crippen LogP contribution in [0.25, 0.3) is 0 Å². The number of amides is 1. The highest BCUT2D eigenvalue weighted by atomic mass is 32.1. The minimum Gasteiger partial charge on any atom is -0.344 e. The lowest BCUT2D eigenvalue weighted by Gasteiger charge is -2.24. The number of thiophene rings is 1. The van der Waals surface area contributed by atoms with Gasteiger partial charge in [-0.05, 0) is 25.8 Å². The molecule has 1 aliphatic rings. The molecule has 1 amide bonds. The zero-order valence-electron chi connectivity index (χ0n) is 12.6. The molecule has 0 saturated heterocycles. The second kappa shape index (κ2) is 6.00. The highest BCUT2D eigenvalue weighted by molar-refractivity contribution is 7.12. The van der Waals surface area contributed by atoms with Crippen LogP contribution in [0.3, 0.4) is 0 Å². The zero-order chi connectivity index (χ0) is 15.7. The lowest BCUT2D eigenvalue weighted by Crippen LogP contribution is -2.24. The van der Waals surface area contributed by atoms with E-state index in [1.54, 1.807) is 11.4 Å². The van der Waals surface area contributed by atoms with Crippen LogP contribution in [0.5, 0.6) is 0 Å². The Morgan fingerprint density at radius 3 is 2.77 bits per heavy atom. The summed E-state index contributed by atoms with van der Waals surface area (Å²) in [5.41, 5.74) is 0.570. The first-order valence-corrected chi connectivity index (χ1v) is 8.20. The summed E-state index contributed by atoms with van der Waals surface area (Å²) in [6.07, 6.45) is 3.59. The number of ketones is 1. The number of carbonyl (C=O) groups excluding carboxylic acids is 2. The standard InChI is InChI=1S/C15H18N4O2S/c1-9(20)11-6-12(22-8-11)15(21)16-7-13-17-18-14(19(13)2)10-4-3-5-10/h6,8,10H,3-5,7H2,1-2H3,(H,16,21). The van der Waals surface area contributed by atoms with Crippen molar-refractivity contribution in [3.63, 3.8) is 0 Å². The SMILES string of the molecule is CC(=O)c1csc(C(=O)NCc2nnc(C3CCC3)n2C)c1. The molecule has 0 aliphatic heterocycles. The molecule has 2 aromatic rings. The summed E-state index contributed by atoms with van der Waals surface area (Å²) < 4.78 is 1.97. The molecule has 1 aliphatic carbocycles. The van der Waals surface area contributed by atoms with Gasteiger partial charge >= 0.3 is 0 Å². The maximum Gasteiger partial charge on any atom is 0.261 e. The summed E-state index contributed by atoms with van der Waals surface area (Å²) in [6, 6.07) is 1.62. The minimum atomic E-state index is -0.189. The normalized spacial score (nSPS) is 14.6. The second-order valence-electron chi connectivity index (χ2n) is 5.60. The molecule has 0 unspecified atom stereocenters. The van der Waals surface area contributed by atoms with Crippen LogP contribution in [0, 0.1) is 0 Å². The third-order valence-electron chi connectivity index (χ3n) is 4.11. The van der Waals surface area contributed by atoms with E-state index >= 15 is 0 Å². The highest BCUT2D eigenvalue weighted by Gasteiger charge is 2.25. The first-order valence-electron chi connectivity index (χ1n) is 7.32. The molecule has 2 heterocycles. The van der Waals surface area contributed by atoms with E-state index in [4.69, 9.17) is 0 Å². The number of carbonyl (C=O) groups is 2. The Labute approximate surface area is 132 Å². The molecule has 0 aromatic carbocycles. The van der Waals surface area contributed by atoms with E-state index in [1.165, 1.54) is 37.5 Å². The zero-order valence-corrected chi connectivity index (χ0v) is 13.4. The Balaban J connectivity index is 1.63. The molecule has 1 fully saturated rings. The van der Waals surface area contributed by atoms with E-state index in [9.17, 15) is 9.59 Å². The summed E-state index contributed by atoms with van der Waals surface area (Å²) in [7, 11) is 1.94. The number of aromatic nitrogens is 3. The molecule has 0 atom stereocenters. The maximum atomic E-state index is 12.1. The van der Waals surface area contributed by atoms with Crippen LogP contribution in [0.4, 0.5) is 0 Å². The van der Waals surface area contributed by atoms with Crippen molar-refractivity contribution < 1.29 is 9.59 Å². The van der Waals surface area contributed by atoms with Gasteiger partial charge in [0.1, 0.15) is 5.82 Å². The summed E-state index contributed by atoms with van der Waals surface area (Å²) in [4.78, 5) is 23.9. The molecule has 0 spiro atoms. The highest BCUT2D eigenvalue weighted by Crippen LogP contribution is 2.35. The predicted molar refractivity (Wildman–Crippen MR) is 83.1 cm³/mol. The summed E-state index contributed by atoms with van der Waals surface area (Å²) in [5.74, 6) is 2.04. The van der Waals surface area contributed by atoms with Gasteiger partial charge in [-0.25, -0.2) is 0 Å². The molecule has 0 radical (unpaired) electrons. The molecular formula is C15H18N4O2S. The molecule has 116 valence electrons. The maximum absolute atomic E-state index is 12.1. The fourth-order valence-electron chi connectivity index (χ4n) is 2.44. The molecular weight excluding hydrogens is 300 g/mol. The third kappa shape index (κ3) is 2.81. The average molecular weight is 318 g/mol. The second-order valence-corrected chi connectivity index (χ2v) is 6.51. The van der Waals surface area contributed by atoms with Crippen LogP contribution in [0.2, 0.25) is 0 Å². The quantitative estimate of drug-likeness (QED) is 0.858. The fraction of sp³-hybridized carbons (Fsp3) is 0.467. The summed E-state index contributed by atoms with van der Waals surface area (Å²) in [6.45, 7) is 1.83. The van der Waals surface area contributed by atoms with Gasteiger partial charge in [0.25, 0.3) is 5.91 Å². The van der Waals surface area contributed by atoms with Crippen molar-refractivity contribution >= 4 is 23.0 Å². The van der Waals surface area contributed by atoms with Crippen molar-refractivity contribution in [1.82, 2.24) is 20.1 Å². The van der Waals surface area contributed by atoms with Crippen LogP contribution in [-0.2, 0) is 13.6 Å². The smallest absolute Gasteiger partial charge is 0.261 e. The molecule has 3 rings (SSSR count). The van der Waals surface area contributed by atoms with Gasteiger partial charge in [-0.1, -0.05) is 6.42 Å². The lowest BCUT2D eigenvalue weighted by atomic mass is 9.85. The topological polar surface area (TPSA) is 76.9 Å². The third-order valence-corrected chi connectivity index (χ3v) is 5.03. The van der Waals surface area contributed by atoms with Gasteiger partial charge in [0, 0.05) is 23.9 Å². The molecule has 7 heteroatoms. The van der Waals surface area contributed by atoms with Crippen molar-refractivity contribution in [2.75, 3.05) is 0 Å². The van der Waals surface area contributed by atoms with Crippen LogP contribution < -0.4 is 5.32 Å². The Bertz CT molecular complexity index is 715. The monoisotopic (exact) mass is 318 g/mol. The predicted octanol–water partition coefficient (Wildman–Crippen LogP) is 2.28. The van der Waals surface area contributed by atoms with Crippen LogP contribution in [-0.4, -0.2) is 26.5 Å². The molecule has 22 heavy (non-hydrogen) atoms. The van der Waals surface area contributed by atoms with Gasteiger partial charge < -0.3 is 9.88 Å². The van der Waals surface area contributed by atoms with E-state index in [2.05, 4.69) is 15.5 Å². The fourth-order valence-corrected chi connectivity index (χ4v) is 3.30. The Hall–Kier alpha value is -2.02. The van der Waals surface area contributed by atoms with Crippen LogP contribution >= 0.6 is 11.3 Å². The summed E-state index contributed by atoms with van der Waals surface area (Å²) >= 11 is 1.27. The minimum absolute atomic E-state index is 0.0336. The molecule has 1 saturated carbocycles. The van der Waals surface area contributed by atoms with E-state index < -0.39 is 0 Å². The van der Waals surface area contributed by atoms with E-state index in [0.29, 0.717) is 22.9 Å². The van der Waals surface area contributed by atoms with Crippen molar-refractivity contribution in [2.24, 2.45) is 7.05 Å². The summed E-state index contributed by atoms with van der Waals surface area (Å²) in [5, 5.41) is 12.9. The van der Waals surface area contributed by atoms with Crippen molar-refractivity contribution in [3.8, 4) is 0 Å². The Kier molecular flexibility index (Phi) is 4.06. The van der Waals surface area contributed by atoms with Gasteiger partial charge in [-0.2, -0.15) is 0 Å². The van der Waals surface area contributed by atoms with Crippen LogP contribution in [0.15, 0.2) is 11.4 Å².